The second kappa shape index (κ2) is 16.6. The zero-order chi connectivity index (χ0) is 26.2. The summed E-state index contributed by atoms with van der Waals surface area (Å²) in [6, 6.07) is 11.9. The summed E-state index contributed by atoms with van der Waals surface area (Å²) in [4.78, 5) is 25.2. The van der Waals surface area contributed by atoms with Crippen molar-refractivity contribution in [3.05, 3.63) is 53.6 Å². The molecule has 0 unspecified atom stereocenters. The van der Waals surface area contributed by atoms with Crippen molar-refractivity contribution in [3.63, 3.8) is 0 Å². The second-order valence-electron chi connectivity index (χ2n) is 9.54. The van der Waals surface area contributed by atoms with Crippen molar-refractivity contribution in [1.82, 2.24) is 0 Å². The van der Waals surface area contributed by atoms with Crippen LogP contribution in [-0.4, -0.2) is 32.2 Å². The Kier molecular flexibility index (Phi) is 13.5. The maximum absolute atomic E-state index is 12.8. The fourth-order valence-corrected chi connectivity index (χ4v) is 3.73. The molecule has 6 heteroatoms. The van der Waals surface area contributed by atoms with Gasteiger partial charge in [0.25, 0.3) is 5.91 Å². The van der Waals surface area contributed by atoms with Gasteiger partial charge in [-0.15, -0.1) is 0 Å². The molecular formula is C30H43NO5. The van der Waals surface area contributed by atoms with Gasteiger partial charge in [-0.3, -0.25) is 4.79 Å². The maximum atomic E-state index is 12.8. The number of unbranched alkanes of at least 4 members (excludes halogenated alkanes) is 7. The van der Waals surface area contributed by atoms with Crippen molar-refractivity contribution in [1.29, 1.82) is 0 Å². The molecule has 2 aromatic rings. The van der Waals surface area contributed by atoms with Crippen LogP contribution in [0.15, 0.2) is 42.5 Å². The summed E-state index contributed by atoms with van der Waals surface area (Å²) in [5, 5.41) is 2.84. The summed E-state index contributed by atoms with van der Waals surface area (Å²) < 4.78 is 16.5. The zero-order valence-electron chi connectivity index (χ0n) is 22.4. The predicted octanol–water partition coefficient (Wildman–Crippen LogP) is 7.67. The van der Waals surface area contributed by atoms with Gasteiger partial charge in [-0.05, 0) is 61.2 Å². The van der Waals surface area contributed by atoms with E-state index in [1.807, 2.05) is 0 Å². The highest BCUT2D eigenvalue weighted by atomic mass is 16.5. The van der Waals surface area contributed by atoms with Gasteiger partial charge in [0.15, 0.2) is 0 Å². The second-order valence-corrected chi connectivity index (χ2v) is 9.54. The lowest BCUT2D eigenvalue weighted by atomic mass is 10.1. The van der Waals surface area contributed by atoms with E-state index in [0.29, 0.717) is 41.7 Å². The molecule has 0 aliphatic carbocycles. The quantitative estimate of drug-likeness (QED) is 0.179. The molecule has 0 heterocycles. The van der Waals surface area contributed by atoms with E-state index in [4.69, 9.17) is 14.2 Å². The van der Waals surface area contributed by atoms with E-state index in [0.717, 1.165) is 18.6 Å². The number of esters is 1. The Morgan fingerprint density at radius 1 is 0.833 bits per heavy atom. The number of methoxy groups -OCH3 is 1. The first-order chi connectivity index (χ1) is 17.4. The van der Waals surface area contributed by atoms with Crippen LogP contribution in [0.5, 0.6) is 11.5 Å². The molecule has 0 saturated heterocycles. The zero-order valence-corrected chi connectivity index (χ0v) is 22.4. The molecule has 198 valence electrons. The molecule has 1 amide bonds. The van der Waals surface area contributed by atoms with Gasteiger partial charge in [0, 0.05) is 5.56 Å². The lowest BCUT2D eigenvalue weighted by Crippen LogP contribution is -2.14. The molecule has 36 heavy (non-hydrogen) atoms. The molecule has 2 rings (SSSR count). The van der Waals surface area contributed by atoms with E-state index >= 15 is 0 Å². The molecule has 0 radical (unpaired) electrons. The molecule has 0 aliphatic heterocycles. The van der Waals surface area contributed by atoms with Crippen molar-refractivity contribution in [2.75, 3.05) is 25.6 Å². The topological polar surface area (TPSA) is 73.9 Å². The van der Waals surface area contributed by atoms with Crippen LogP contribution in [0, 0.1) is 5.92 Å². The Hall–Kier alpha value is -3.02. The number of hydrogen-bond donors (Lipinski definition) is 1. The number of hydrogen-bond acceptors (Lipinski definition) is 5. The minimum absolute atomic E-state index is 0.298. The highest BCUT2D eigenvalue weighted by Gasteiger charge is 2.15. The number of nitrogens with one attached hydrogen (secondary N) is 1. The normalized spacial score (nSPS) is 10.8. The molecule has 0 saturated carbocycles. The fraction of sp³-hybridized carbons (Fsp3) is 0.533. The molecule has 6 nitrogen and oxygen atoms in total. The average molecular weight is 498 g/mol. The van der Waals surface area contributed by atoms with Crippen molar-refractivity contribution >= 4 is 17.6 Å². The summed E-state index contributed by atoms with van der Waals surface area (Å²) in [6.45, 7) is 7.42. The van der Waals surface area contributed by atoms with E-state index in [9.17, 15) is 9.59 Å². The SMILES string of the molecule is CCCCCCCCCCOc1ccc(C(=O)Nc2cc(C(=O)OCCC(C)C)ccc2OC)cc1. The van der Waals surface area contributed by atoms with Crippen LogP contribution >= 0.6 is 0 Å². The molecule has 0 aromatic heterocycles. The van der Waals surface area contributed by atoms with E-state index in [1.54, 1.807) is 42.5 Å². The Balaban J connectivity index is 1.84. The first-order valence-electron chi connectivity index (χ1n) is 13.3. The van der Waals surface area contributed by atoms with Crippen LogP contribution in [0.2, 0.25) is 0 Å². The minimum Gasteiger partial charge on any atom is -0.495 e. The standard InChI is InChI=1S/C30H43NO5/c1-5-6-7-8-9-10-11-12-20-35-26-16-13-24(14-17-26)29(32)31-27-22-25(15-18-28(27)34-4)30(33)36-21-19-23(2)3/h13-18,22-23H,5-12,19-21H2,1-4H3,(H,31,32). The molecule has 0 atom stereocenters. The molecular weight excluding hydrogens is 454 g/mol. The predicted molar refractivity (Wildman–Crippen MR) is 145 cm³/mol. The monoisotopic (exact) mass is 497 g/mol. The highest BCUT2D eigenvalue weighted by molar-refractivity contribution is 6.05. The van der Waals surface area contributed by atoms with E-state index in [-0.39, 0.29) is 5.91 Å². The third kappa shape index (κ3) is 10.7. The van der Waals surface area contributed by atoms with Crippen LogP contribution in [0.3, 0.4) is 0 Å². The van der Waals surface area contributed by atoms with Crippen LogP contribution in [0.25, 0.3) is 0 Å². The largest absolute Gasteiger partial charge is 0.495 e. The lowest BCUT2D eigenvalue weighted by Gasteiger charge is -2.13. The maximum Gasteiger partial charge on any atom is 0.338 e. The summed E-state index contributed by atoms with van der Waals surface area (Å²) in [7, 11) is 1.52. The van der Waals surface area contributed by atoms with Crippen LogP contribution in [0.4, 0.5) is 5.69 Å². The Morgan fingerprint density at radius 2 is 1.47 bits per heavy atom. The summed E-state index contributed by atoms with van der Waals surface area (Å²) in [5.74, 6) is 0.941. The van der Waals surface area contributed by atoms with Gasteiger partial charge in [0.2, 0.25) is 0 Å². The molecule has 0 spiro atoms. The smallest absolute Gasteiger partial charge is 0.338 e. The summed E-state index contributed by atoms with van der Waals surface area (Å²) in [6.07, 6.45) is 10.9. The Morgan fingerprint density at radius 3 is 2.11 bits per heavy atom. The number of anilines is 1. The van der Waals surface area contributed by atoms with Crippen LogP contribution < -0.4 is 14.8 Å². The molecule has 0 aliphatic rings. The van der Waals surface area contributed by atoms with Gasteiger partial charge in [0.05, 0.1) is 31.6 Å². The van der Waals surface area contributed by atoms with E-state index in [1.165, 1.54) is 52.1 Å². The molecule has 2 aromatic carbocycles. The highest BCUT2D eigenvalue weighted by Crippen LogP contribution is 2.27. The number of rotatable bonds is 17. The van der Waals surface area contributed by atoms with E-state index in [2.05, 4.69) is 26.1 Å². The Labute approximate surface area is 216 Å². The van der Waals surface area contributed by atoms with Gasteiger partial charge in [-0.1, -0.05) is 65.7 Å². The van der Waals surface area contributed by atoms with Crippen molar-refractivity contribution in [2.45, 2.75) is 78.6 Å². The van der Waals surface area contributed by atoms with Crippen LogP contribution in [0.1, 0.15) is 99.3 Å². The number of carbonyl (C=O) groups excluding carboxylic acids is 2. The first-order valence-corrected chi connectivity index (χ1v) is 13.3. The number of benzene rings is 2. The number of carbonyl (C=O) groups is 2. The molecule has 0 fully saturated rings. The average Bonchev–Trinajstić information content (AvgIpc) is 2.87. The Bertz CT molecular complexity index is 923. The van der Waals surface area contributed by atoms with Crippen molar-refractivity contribution < 1.29 is 23.8 Å². The fourth-order valence-electron chi connectivity index (χ4n) is 3.73. The summed E-state index contributed by atoms with van der Waals surface area (Å²) >= 11 is 0. The van der Waals surface area contributed by atoms with Gasteiger partial charge in [-0.2, -0.15) is 0 Å². The molecule has 0 bridgehead atoms. The lowest BCUT2D eigenvalue weighted by molar-refractivity contribution is 0.0488. The number of ether oxygens (including phenoxy) is 3. The van der Waals surface area contributed by atoms with Crippen molar-refractivity contribution in [3.8, 4) is 11.5 Å². The molecule has 1 N–H and O–H groups in total. The summed E-state index contributed by atoms with van der Waals surface area (Å²) in [5.41, 5.74) is 1.26. The number of amides is 1. The van der Waals surface area contributed by atoms with Crippen LogP contribution in [-0.2, 0) is 4.74 Å². The van der Waals surface area contributed by atoms with Gasteiger partial charge < -0.3 is 19.5 Å². The van der Waals surface area contributed by atoms with Gasteiger partial charge >= 0.3 is 5.97 Å². The van der Waals surface area contributed by atoms with Gasteiger partial charge in [0.1, 0.15) is 11.5 Å². The minimum atomic E-state index is -0.424. The van der Waals surface area contributed by atoms with E-state index < -0.39 is 5.97 Å². The first kappa shape index (κ1) is 29.2. The third-order valence-electron chi connectivity index (χ3n) is 5.99. The van der Waals surface area contributed by atoms with Gasteiger partial charge in [-0.25, -0.2) is 4.79 Å². The van der Waals surface area contributed by atoms with Crippen molar-refractivity contribution in [2.24, 2.45) is 5.92 Å². The third-order valence-corrected chi connectivity index (χ3v) is 5.99.